The minimum absolute atomic E-state index is 0.232. The summed E-state index contributed by atoms with van der Waals surface area (Å²) in [6, 6.07) is 6.15. The first-order chi connectivity index (χ1) is 11.5. The number of anilines is 1. The quantitative estimate of drug-likeness (QED) is 0.800. The van der Waals surface area contributed by atoms with Crippen LogP contribution < -0.4 is 4.90 Å². The molecule has 4 rings (SSSR count). The second-order valence-electron chi connectivity index (χ2n) is 6.93. The van der Waals surface area contributed by atoms with Crippen molar-refractivity contribution >= 4 is 21.6 Å². The molecule has 7 heteroatoms. The Hall–Kier alpha value is -1.44. The van der Waals surface area contributed by atoms with Gasteiger partial charge in [-0.1, -0.05) is 21.1 Å². The van der Waals surface area contributed by atoms with Crippen LogP contribution in [0.5, 0.6) is 0 Å². The molecule has 1 aromatic carbocycles. The van der Waals surface area contributed by atoms with E-state index in [1.807, 2.05) is 26.4 Å². The van der Waals surface area contributed by atoms with E-state index in [1.54, 1.807) is 4.68 Å². The van der Waals surface area contributed by atoms with Crippen LogP contribution in [0.1, 0.15) is 12.8 Å². The Kier molecular flexibility index (Phi) is 4.10. The molecule has 0 N–H and O–H groups in total. The van der Waals surface area contributed by atoms with Gasteiger partial charge in [-0.05, 0) is 31.0 Å². The van der Waals surface area contributed by atoms with Crippen LogP contribution in [0.4, 0.5) is 5.69 Å². The summed E-state index contributed by atoms with van der Waals surface area (Å²) in [6.07, 6.45) is 4.17. The summed E-state index contributed by atoms with van der Waals surface area (Å²) >= 11 is 3.52. The highest BCUT2D eigenvalue weighted by Crippen LogP contribution is 2.48. The number of rotatable bonds is 4. The molecular formula is C17H21BrN4O2. The predicted octanol–water partition coefficient (Wildman–Crippen LogP) is 2.93. The number of ether oxygens (including phenoxy) is 2. The Bertz CT molecular complexity index is 732. The van der Waals surface area contributed by atoms with Crippen molar-refractivity contribution in [3.8, 4) is 11.3 Å². The topological polar surface area (TPSA) is 52.4 Å². The lowest BCUT2D eigenvalue weighted by Crippen LogP contribution is -2.36. The molecule has 128 valence electrons. The highest BCUT2D eigenvalue weighted by Gasteiger charge is 2.46. The molecule has 1 saturated carbocycles. The highest BCUT2D eigenvalue weighted by atomic mass is 79.9. The van der Waals surface area contributed by atoms with Gasteiger partial charge < -0.3 is 14.4 Å². The number of halogens is 1. The fourth-order valence-corrected chi connectivity index (χ4v) is 3.30. The number of aromatic nitrogens is 3. The molecule has 0 amide bonds. The minimum Gasteiger partial charge on any atom is -0.377 e. The molecule has 2 aromatic rings. The third-order valence-corrected chi connectivity index (χ3v) is 5.19. The van der Waals surface area contributed by atoms with Gasteiger partial charge in [0.25, 0.3) is 0 Å². The van der Waals surface area contributed by atoms with Gasteiger partial charge in [0.05, 0.1) is 26.0 Å². The van der Waals surface area contributed by atoms with Gasteiger partial charge in [0.2, 0.25) is 0 Å². The van der Waals surface area contributed by atoms with Crippen LogP contribution in [0.2, 0.25) is 0 Å². The van der Waals surface area contributed by atoms with Crippen LogP contribution in [0.3, 0.4) is 0 Å². The zero-order chi connectivity index (χ0) is 16.7. The Balaban J connectivity index is 1.49. The van der Waals surface area contributed by atoms with Crippen molar-refractivity contribution in [3.63, 3.8) is 0 Å². The fourth-order valence-electron chi connectivity index (χ4n) is 2.96. The Morgan fingerprint density at radius 1 is 1.29 bits per heavy atom. The molecule has 1 spiro atoms. The molecule has 1 aliphatic carbocycles. The number of benzene rings is 1. The summed E-state index contributed by atoms with van der Waals surface area (Å²) in [5.74, 6) is 0. The number of hydrogen-bond acceptors (Lipinski definition) is 5. The van der Waals surface area contributed by atoms with Gasteiger partial charge in [0.1, 0.15) is 5.69 Å². The number of hydrogen-bond donors (Lipinski definition) is 0. The third-order valence-electron chi connectivity index (χ3n) is 4.70. The molecule has 2 fully saturated rings. The second kappa shape index (κ2) is 6.13. The van der Waals surface area contributed by atoms with Crippen molar-refractivity contribution < 1.29 is 9.47 Å². The highest BCUT2D eigenvalue weighted by molar-refractivity contribution is 9.10. The summed E-state index contributed by atoms with van der Waals surface area (Å²) in [5, 5.41) is 8.56. The van der Waals surface area contributed by atoms with Crippen molar-refractivity contribution in [1.29, 1.82) is 0 Å². The third kappa shape index (κ3) is 3.20. The van der Waals surface area contributed by atoms with E-state index in [2.05, 4.69) is 43.3 Å². The summed E-state index contributed by atoms with van der Waals surface area (Å²) in [6.45, 7) is 2.17. The molecule has 0 atom stereocenters. The average molecular weight is 393 g/mol. The zero-order valence-corrected chi connectivity index (χ0v) is 15.5. The van der Waals surface area contributed by atoms with Gasteiger partial charge in [-0.2, -0.15) is 0 Å². The first-order valence-electron chi connectivity index (χ1n) is 8.15. The van der Waals surface area contributed by atoms with Gasteiger partial charge in [0.15, 0.2) is 6.29 Å². The Labute approximate surface area is 149 Å². The van der Waals surface area contributed by atoms with Crippen molar-refractivity contribution in [2.24, 2.45) is 5.41 Å². The van der Waals surface area contributed by atoms with E-state index in [0.717, 1.165) is 34.6 Å². The lowest BCUT2D eigenvalue weighted by atomic mass is 10.1. The maximum absolute atomic E-state index is 5.83. The average Bonchev–Trinajstić information content (AvgIpc) is 3.16. The van der Waals surface area contributed by atoms with Crippen LogP contribution in [-0.2, 0) is 16.0 Å². The van der Waals surface area contributed by atoms with Crippen molar-refractivity contribution in [3.05, 3.63) is 28.9 Å². The smallest absolute Gasteiger partial charge is 0.177 e. The molecule has 1 aliphatic heterocycles. The van der Waals surface area contributed by atoms with E-state index in [4.69, 9.17) is 9.47 Å². The maximum atomic E-state index is 5.83. The molecule has 1 aromatic heterocycles. The van der Waals surface area contributed by atoms with E-state index in [1.165, 1.54) is 12.8 Å². The van der Waals surface area contributed by atoms with E-state index in [-0.39, 0.29) is 6.29 Å². The summed E-state index contributed by atoms with van der Waals surface area (Å²) in [5.41, 5.74) is 3.32. The molecule has 24 heavy (non-hydrogen) atoms. The van der Waals surface area contributed by atoms with Crippen LogP contribution >= 0.6 is 15.9 Å². The van der Waals surface area contributed by atoms with Crippen LogP contribution in [0.25, 0.3) is 11.3 Å². The molecule has 0 unspecified atom stereocenters. The molecule has 0 radical (unpaired) electrons. The van der Waals surface area contributed by atoms with Crippen molar-refractivity contribution in [2.45, 2.75) is 25.7 Å². The molecule has 2 heterocycles. The zero-order valence-electron chi connectivity index (χ0n) is 13.9. The lowest BCUT2D eigenvalue weighted by molar-refractivity contribution is -0.213. The van der Waals surface area contributed by atoms with Gasteiger partial charge in [-0.15, -0.1) is 5.10 Å². The fraction of sp³-hybridized carbons (Fsp3) is 0.529. The molecule has 2 aliphatic rings. The van der Waals surface area contributed by atoms with Gasteiger partial charge in [0, 0.05) is 35.2 Å². The minimum atomic E-state index is -0.232. The molecule has 0 bridgehead atoms. The van der Waals surface area contributed by atoms with E-state index in [0.29, 0.717) is 12.0 Å². The van der Waals surface area contributed by atoms with E-state index >= 15 is 0 Å². The Morgan fingerprint density at radius 3 is 2.71 bits per heavy atom. The first kappa shape index (κ1) is 16.1. The SMILES string of the molecule is CN(C)c1cc(Br)ccc1-c1cn(CC2OCC3(CC3)CO2)nn1. The Morgan fingerprint density at radius 2 is 2.04 bits per heavy atom. The molecule has 1 saturated heterocycles. The predicted molar refractivity (Wildman–Crippen MR) is 94.8 cm³/mol. The first-order valence-corrected chi connectivity index (χ1v) is 8.95. The second-order valence-corrected chi connectivity index (χ2v) is 7.85. The van der Waals surface area contributed by atoms with Crippen LogP contribution in [-0.4, -0.2) is 48.6 Å². The standard InChI is InChI=1S/C17H21BrN4O2/c1-21(2)15-7-12(18)3-4-13(15)14-8-22(20-19-14)9-16-23-10-17(5-6-17)11-24-16/h3-4,7-8,16H,5-6,9-11H2,1-2H3. The van der Waals surface area contributed by atoms with Crippen LogP contribution in [0.15, 0.2) is 28.9 Å². The van der Waals surface area contributed by atoms with Gasteiger partial charge >= 0.3 is 0 Å². The largest absolute Gasteiger partial charge is 0.377 e. The molecular weight excluding hydrogens is 372 g/mol. The summed E-state index contributed by atoms with van der Waals surface area (Å²) < 4.78 is 14.5. The van der Waals surface area contributed by atoms with Crippen LogP contribution in [0, 0.1) is 5.41 Å². The summed E-state index contributed by atoms with van der Waals surface area (Å²) in [7, 11) is 4.04. The van der Waals surface area contributed by atoms with Gasteiger partial charge in [-0.3, -0.25) is 0 Å². The van der Waals surface area contributed by atoms with E-state index in [9.17, 15) is 0 Å². The maximum Gasteiger partial charge on any atom is 0.177 e. The summed E-state index contributed by atoms with van der Waals surface area (Å²) in [4.78, 5) is 2.07. The van der Waals surface area contributed by atoms with Gasteiger partial charge in [-0.25, -0.2) is 4.68 Å². The van der Waals surface area contributed by atoms with E-state index < -0.39 is 0 Å². The normalized spacial score (nSPS) is 19.6. The number of nitrogens with zero attached hydrogens (tertiary/aromatic N) is 4. The van der Waals surface area contributed by atoms with Crippen molar-refractivity contribution in [2.75, 3.05) is 32.2 Å². The monoisotopic (exact) mass is 392 g/mol. The van der Waals surface area contributed by atoms with Crippen molar-refractivity contribution in [1.82, 2.24) is 15.0 Å². The lowest BCUT2D eigenvalue weighted by Gasteiger charge is -2.29. The molecule has 6 nitrogen and oxygen atoms in total.